The Morgan fingerprint density at radius 1 is 0.603 bits per heavy atom. The Labute approximate surface area is 469 Å². The molecule has 0 aromatic heterocycles. The van der Waals surface area contributed by atoms with Gasteiger partial charge >= 0.3 is 0 Å². The van der Waals surface area contributed by atoms with E-state index in [1.807, 2.05) is 66.7 Å². The number of fused-ring (bicyclic) bond motifs is 2. The third kappa shape index (κ3) is 14.1. The zero-order valence-corrected chi connectivity index (χ0v) is 49.2. The van der Waals surface area contributed by atoms with Gasteiger partial charge in [0.15, 0.2) is 11.6 Å². The number of hydrogen-bond acceptors (Lipinski definition) is 10. The van der Waals surface area contributed by atoms with Crippen molar-refractivity contribution in [2.75, 3.05) is 27.2 Å². The Morgan fingerprint density at radius 3 is 1.45 bits per heavy atom. The third-order valence-corrected chi connectivity index (χ3v) is 17.0. The molecule has 6 amide bonds. The lowest BCUT2D eigenvalue weighted by molar-refractivity contribution is -0.144. The molecule has 17 heteroatoms. The normalized spacial score (nSPS) is 22.7. The van der Waals surface area contributed by atoms with E-state index < -0.39 is 70.7 Å². The van der Waals surface area contributed by atoms with Crippen molar-refractivity contribution < 1.29 is 38.4 Å². The lowest BCUT2D eigenvalue weighted by Gasteiger charge is -2.36. The summed E-state index contributed by atoms with van der Waals surface area (Å²) in [6.45, 7) is 16.9. The summed E-state index contributed by atoms with van der Waals surface area (Å²) >= 11 is 3.57. The van der Waals surface area contributed by atoms with Gasteiger partial charge in [-0.25, -0.2) is 0 Å². The van der Waals surface area contributed by atoms with Crippen molar-refractivity contribution in [1.29, 1.82) is 0 Å². The quantitative estimate of drug-likeness (QED) is 0.0718. The van der Waals surface area contributed by atoms with Crippen LogP contribution in [0.25, 0.3) is 0 Å². The molecule has 422 valence electrons. The van der Waals surface area contributed by atoms with E-state index in [1.54, 1.807) is 57.1 Å². The zero-order valence-electron chi connectivity index (χ0n) is 47.6. The van der Waals surface area contributed by atoms with Crippen molar-refractivity contribution >= 4 is 62.9 Å². The number of benzene rings is 3. The molecule has 0 bridgehead atoms. The Balaban J connectivity index is 1.09. The van der Waals surface area contributed by atoms with Crippen molar-refractivity contribution in [1.82, 2.24) is 41.7 Å². The van der Waals surface area contributed by atoms with Gasteiger partial charge in [-0.1, -0.05) is 106 Å². The lowest BCUT2D eigenvalue weighted by atomic mass is 9.85. The first-order valence-electron chi connectivity index (χ1n) is 28.0. The number of nitrogens with one attached hydrogen (secondary N) is 6. The van der Waals surface area contributed by atoms with Crippen LogP contribution in [0.5, 0.6) is 0 Å². The maximum atomic E-state index is 14.8. The molecule has 16 nitrogen and oxygen atoms in total. The summed E-state index contributed by atoms with van der Waals surface area (Å²) in [5.74, 6) is -3.48. The van der Waals surface area contributed by atoms with Gasteiger partial charge in [0.1, 0.15) is 24.2 Å². The number of carbonyl (C=O) groups excluding carboxylic acids is 8. The van der Waals surface area contributed by atoms with Gasteiger partial charge in [0, 0.05) is 41.5 Å². The van der Waals surface area contributed by atoms with Gasteiger partial charge in [0.05, 0.1) is 24.2 Å². The second kappa shape index (κ2) is 25.1. The lowest BCUT2D eigenvalue weighted by Crippen LogP contribution is -2.59. The van der Waals surface area contributed by atoms with Crippen molar-refractivity contribution in [3.63, 3.8) is 0 Å². The number of likely N-dealkylation sites (tertiary alicyclic amines) is 2. The second-order valence-corrected chi connectivity index (χ2v) is 25.6. The highest BCUT2D eigenvalue weighted by Crippen LogP contribution is 2.37. The first kappa shape index (κ1) is 59.9. The highest BCUT2D eigenvalue weighted by molar-refractivity contribution is 9.10. The average Bonchev–Trinajstić information content (AvgIpc) is 4.03. The number of amides is 6. The van der Waals surface area contributed by atoms with Crippen LogP contribution in [-0.2, 0) is 41.6 Å². The zero-order chi connectivity index (χ0) is 57.0. The molecular formula is C61H83BrN8O8. The molecule has 2 aliphatic heterocycles. The van der Waals surface area contributed by atoms with Crippen LogP contribution in [-0.4, -0.2) is 120 Å². The maximum absolute atomic E-state index is 14.8. The van der Waals surface area contributed by atoms with Gasteiger partial charge < -0.3 is 41.7 Å². The van der Waals surface area contributed by atoms with Crippen LogP contribution in [0.2, 0.25) is 0 Å². The third-order valence-electron chi connectivity index (χ3n) is 16.5. The number of nitrogens with zero attached hydrogens (tertiary/aromatic N) is 2. The first-order chi connectivity index (χ1) is 36.8. The van der Waals surface area contributed by atoms with Gasteiger partial charge in [-0.15, -0.1) is 0 Å². The van der Waals surface area contributed by atoms with Gasteiger partial charge in [-0.3, -0.25) is 38.4 Å². The predicted molar refractivity (Wildman–Crippen MR) is 304 cm³/mol. The van der Waals surface area contributed by atoms with E-state index >= 15 is 0 Å². The van der Waals surface area contributed by atoms with Gasteiger partial charge in [-0.2, -0.15) is 0 Å². The minimum atomic E-state index is -0.970. The van der Waals surface area contributed by atoms with Crippen LogP contribution in [0.1, 0.15) is 167 Å². The second-order valence-electron chi connectivity index (χ2n) is 24.6. The number of ketones is 2. The Kier molecular flexibility index (Phi) is 19.3. The van der Waals surface area contributed by atoms with Crippen molar-refractivity contribution in [3.05, 3.63) is 104 Å². The molecule has 3 aromatic carbocycles. The van der Waals surface area contributed by atoms with Crippen molar-refractivity contribution in [2.45, 2.75) is 175 Å². The number of likely N-dealkylation sites (N-methyl/N-ethyl adjacent to an activating group) is 2. The van der Waals surface area contributed by atoms with E-state index in [4.69, 9.17) is 0 Å². The average molecular weight is 1140 g/mol. The van der Waals surface area contributed by atoms with Gasteiger partial charge in [0.2, 0.25) is 35.4 Å². The number of Topliss-reactive ketones (excluding diaryl/α,β-unsaturated/α-hetero) is 2. The van der Waals surface area contributed by atoms with Crippen LogP contribution >= 0.6 is 15.9 Å². The van der Waals surface area contributed by atoms with E-state index in [1.165, 1.54) is 10.5 Å². The minimum absolute atomic E-state index is 0.00210. The topological polar surface area (TPSA) is 215 Å². The van der Waals surface area contributed by atoms with Crippen LogP contribution in [0.4, 0.5) is 0 Å². The fraction of sp³-hybridized carbons (Fsp3) is 0.574. The Hall–Kier alpha value is -5.78. The summed E-state index contributed by atoms with van der Waals surface area (Å²) in [4.78, 5) is 117. The van der Waals surface area contributed by atoms with Gasteiger partial charge in [-0.05, 0) is 149 Å². The minimum Gasteiger partial charge on any atom is -0.347 e. The van der Waals surface area contributed by atoms with E-state index in [0.29, 0.717) is 11.1 Å². The summed E-state index contributed by atoms with van der Waals surface area (Å²) in [5.41, 5.74) is 4.74. The number of carbonyl (C=O) groups is 8. The monoisotopic (exact) mass is 1130 g/mol. The molecular weight excluding hydrogens is 1050 g/mol. The largest absolute Gasteiger partial charge is 0.347 e. The van der Waals surface area contributed by atoms with E-state index in [9.17, 15) is 38.4 Å². The SMILES string of the molecule is CN[C@@H](C)C(=O)N[C@H](C(=O)N1C[C@@H](CC(=O)c2cccc(C(=O)C[C@H]3C[C@@H](C(=O)NC4CCCc5cc(Br)ccc54)N(C(=O)[C@@H](NC(=O)[C@H](C)NC)C(C)(C)C)C3)c2)C[C@H]1C(=O)NC1CCCc2cc(C)ccc21)C(C)(C)C. The molecule has 2 saturated heterocycles. The molecule has 4 aliphatic rings. The molecule has 2 heterocycles. The standard InChI is InChI=1S/C61H83BrN8O8/c1-34-21-23-44-39(25-34)15-13-19-46(44)65-56(75)48-26-37(32-69(48)58(77)52(60(4,5)6)67-54(73)35(2)63-10)28-50(71)41-17-12-18-42(30-41)51(72)29-38-27-49(57(76)66-47-20-14-16-40-31-43(62)22-24-45(40)47)70(33-38)59(78)53(61(7,8)9)68-55(74)36(3)64-11/h12,17-18,21-25,30-31,35-38,46-49,52-53,63-64H,13-16,19-20,26-29,32-33H2,1-11H3,(H,65,75)(H,66,76)(H,67,73)(H,68,74)/t35-,36-,37+,38+,46?,47?,48-,49-,52+,53+/m0/s1. The molecule has 2 aliphatic carbocycles. The molecule has 0 radical (unpaired) electrons. The molecule has 0 saturated carbocycles. The molecule has 7 rings (SSSR count). The molecule has 3 aromatic rings. The highest BCUT2D eigenvalue weighted by atomic mass is 79.9. The highest BCUT2D eigenvalue weighted by Gasteiger charge is 2.48. The molecule has 2 fully saturated rings. The smallest absolute Gasteiger partial charge is 0.246 e. The van der Waals surface area contributed by atoms with E-state index in [-0.39, 0.29) is 86.1 Å². The Morgan fingerprint density at radius 2 is 1.03 bits per heavy atom. The van der Waals surface area contributed by atoms with Gasteiger partial charge in [0.25, 0.3) is 0 Å². The van der Waals surface area contributed by atoms with Crippen LogP contribution in [0.15, 0.2) is 65.1 Å². The number of aryl methyl sites for hydroxylation is 3. The fourth-order valence-corrected chi connectivity index (χ4v) is 12.1. The van der Waals surface area contributed by atoms with Crippen molar-refractivity contribution in [3.8, 4) is 0 Å². The predicted octanol–water partition coefficient (Wildman–Crippen LogP) is 7.00. The van der Waals surface area contributed by atoms with E-state index in [0.717, 1.165) is 65.3 Å². The summed E-state index contributed by atoms with van der Waals surface area (Å²) in [6, 6.07) is 13.5. The molecule has 0 spiro atoms. The maximum Gasteiger partial charge on any atom is 0.246 e. The molecule has 6 N–H and O–H groups in total. The summed E-state index contributed by atoms with van der Waals surface area (Å²) in [6.07, 6.45) is 5.49. The van der Waals surface area contributed by atoms with E-state index in [2.05, 4.69) is 66.0 Å². The number of rotatable bonds is 18. The summed E-state index contributed by atoms with van der Waals surface area (Å²) in [7, 11) is 3.33. The number of halogens is 1. The van der Waals surface area contributed by atoms with Crippen LogP contribution in [0, 0.1) is 29.6 Å². The first-order valence-corrected chi connectivity index (χ1v) is 28.8. The molecule has 10 atom stereocenters. The molecule has 2 unspecified atom stereocenters. The van der Waals surface area contributed by atoms with Crippen LogP contribution in [0.3, 0.4) is 0 Å². The van der Waals surface area contributed by atoms with Crippen LogP contribution < -0.4 is 31.9 Å². The molecule has 78 heavy (non-hydrogen) atoms. The fourth-order valence-electron chi connectivity index (χ4n) is 11.7. The Bertz CT molecular complexity index is 2590. The summed E-state index contributed by atoms with van der Waals surface area (Å²) in [5, 5.41) is 18.3. The van der Waals surface area contributed by atoms with Crippen molar-refractivity contribution in [2.24, 2.45) is 22.7 Å². The summed E-state index contributed by atoms with van der Waals surface area (Å²) < 4.78 is 0.958. The number of hydrogen-bond donors (Lipinski definition) is 6.